The standard InChI is InChI=1S/C26H31N3O3/c1-18(2)19-6-9-22(10-7-19)32-17-14-27-26(31)21-12-15-29(16-13-21)24-11-8-20-4-3-5-23(30)25(20)28-24/h3-11,18,21,30H,12-17H2,1-2H3,(H,27,31). The Labute approximate surface area is 189 Å². The maximum Gasteiger partial charge on any atom is 0.223 e. The van der Waals surface area contributed by atoms with Crippen LogP contribution in [-0.4, -0.2) is 42.2 Å². The fraction of sp³-hybridized carbons (Fsp3) is 0.385. The first-order valence-corrected chi connectivity index (χ1v) is 11.4. The molecule has 4 rings (SSSR count). The second-order valence-electron chi connectivity index (χ2n) is 8.64. The largest absolute Gasteiger partial charge is 0.506 e. The van der Waals surface area contributed by atoms with Crippen LogP contribution < -0.4 is 15.0 Å². The van der Waals surface area contributed by atoms with Crippen molar-refractivity contribution in [2.75, 3.05) is 31.1 Å². The minimum atomic E-state index is 0.00503. The van der Waals surface area contributed by atoms with Crippen molar-refractivity contribution < 1.29 is 14.6 Å². The molecule has 0 aliphatic carbocycles. The van der Waals surface area contributed by atoms with Gasteiger partial charge in [-0.2, -0.15) is 0 Å². The molecule has 0 radical (unpaired) electrons. The molecule has 2 heterocycles. The number of fused-ring (bicyclic) bond motifs is 1. The lowest BCUT2D eigenvalue weighted by atomic mass is 9.96. The number of amides is 1. The maximum atomic E-state index is 12.6. The van der Waals surface area contributed by atoms with E-state index >= 15 is 0 Å². The number of ether oxygens (including phenoxy) is 1. The fourth-order valence-electron chi connectivity index (χ4n) is 4.10. The molecule has 0 spiro atoms. The normalized spacial score (nSPS) is 14.7. The second kappa shape index (κ2) is 9.90. The summed E-state index contributed by atoms with van der Waals surface area (Å²) in [6.45, 7) is 6.82. The van der Waals surface area contributed by atoms with Crippen molar-refractivity contribution in [2.24, 2.45) is 5.92 Å². The molecule has 6 nitrogen and oxygen atoms in total. The lowest BCUT2D eigenvalue weighted by Crippen LogP contribution is -2.41. The van der Waals surface area contributed by atoms with Crippen LogP contribution in [0.15, 0.2) is 54.6 Å². The van der Waals surface area contributed by atoms with Crippen LogP contribution in [0, 0.1) is 5.92 Å². The molecule has 1 aromatic heterocycles. The molecule has 0 unspecified atom stereocenters. The summed E-state index contributed by atoms with van der Waals surface area (Å²) in [6, 6.07) is 17.5. The van der Waals surface area contributed by atoms with Crippen molar-refractivity contribution in [3.8, 4) is 11.5 Å². The highest BCUT2D eigenvalue weighted by atomic mass is 16.5. The zero-order valence-corrected chi connectivity index (χ0v) is 18.8. The first-order valence-electron chi connectivity index (χ1n) is 11.4. The van der Waals surface area contributed by atoms with Crippen LogP contribution in [0.2, 0.25) is 0 Å². The van der Waals surface area contributed by atoms with Gasteiger partial charge in [0, 0.05) is 24.4 Å². The SMILES string of the molecule is CC(C)c1ccc(OCCNC(=O)C2CCN(c3ccc4cccc(O)c4n3)CC2)cc1. The third-order valence-corrected chi connectivity index (χ3v) is 6.09. The monoisotopic (exact) mass is 433 g/mol. The first kappa shape index (κ1) is 21.9. The Morgan fingerprint density at radius 3 is 2.59 bits per heavy atom. The predicted molar refractivity (Wildman–Crippen MR) is 127 cm³/mol. The average molecular weight is 434 g/mol. The van der Waals surface area contributed by atoms with Gasteiger partial charge in [-0.05, 0) is 54.7 Å². The van der Waals surface area contributed by atoms with E-state index in [1.54, 1.807) is 6.07 Å². The molecule has 3 aromatic rings. The van der Waals surface area contributed by atoms with E-state index in [1.165, 1.54) is 5.56 Å². The summed E-state index contributed by atoms with van der Waals surface area (Å²) in [4.78, 5) is 19.4. The second-order valence-corrected chi connectivity index (χ2v) is 8.64. The number of nitrogens with one attached hydrogen (secondary N) is 1. The molecule has 0 saturated carbocycles. The topological polar surface area (TPSA) is 74.7 Å². The van der Waals surface area contributed by atoms with Crippen LogP contribution in [0.5, 0.6) is 11.5 Å². The van der Waals surface area contributed by atoms with E-state index in [4.69, 9.17) is 4.74 Å². The number of piperidine rings is 1. The smallest absolute Gasteiger partial charge is 0.223 e. The van der Waals surface area contributed by atoms with Crippen LogP contribution in [0.1, 0.15) is 38.2 Å². The van der Waals surface area contributed by atoms with Crippen molar-refractivity contribution in [3.05, 3.63) is 60.2 Å². The number of hydrogen-bond donors (Lipinski definition) is 2. The number of phenolic OH excluding ortho intramolecular Hbond substituents is 1. The number of aromatic nitrogens is 1. The maximum absolute atomic E-state index is 12.6. The number of para-hydroxylation sites is 1. The minimum Gasteiger partial charge on any atom is -0.506 e. The van der Waals surface area contributed by atoms with Crippen molar-refractivity contribution in [1.82, 2.24) is 10.3 Å². The van der Waals surface area contributed by atoms with E-state index in [9.17, 15) is 9.90 Å². The summed E-state index contributed by atoms with van der Waals surface area (Å²) in [7, 11) is 0. The number of rotatable bonds is 7. The van der Waals surface area contributed by atoms with Gasteiger partial charge in [-0.15, -0.1) is 0 Å². The molecule has 2 aromatic carbocycles. The Kier molecular flexibility index (Phi) is 6.78. The zero-order valence-electron chi connectivity index (χ0n) is 18.8. The zero-order chi connectivity index (χ0) is 22.5. The first-order chi connectivity index (χ1) is 15.5. The van der Waals surface area contributed by atoms with Gasteiger partial charge < -0.3 is 20.1 Å². The summed E-state index contributed by atoms with van der Waals surface area (Å²) < 4.78 is 5.75. The molecule has 0 bridgehead atoms. The van der Waals surface area contributed by atoms with Gasteiger partial charge in [0.25, 0.3) is 0 Å². The lowest BCUT2D eigenvalue weighted by Gasteiger charge is -2.32. The van der Waals surface area contributed by atoms with E-state index in [1.807, 2.05) is 36.4 Å². The van der Waals surface area contributed by atoms with E-state index < -0.39 is 0 Å². The number of anilines is 1. The van der Waals surface area contributed by atoms with Gasteiger partial charge in [-0.1, -0.05) is 38.1 Å². The fourth-order valence-corrected chi connectivity index (χ4v) is 4.10. The molecular weight excluding hydrogens is 402 g/mol. The highest BCUT2D eigenvalue weighted by Crippen LogP contribution is 2.27. The van der Waals surface area contributed by atoms with E-state index in [0.29, 0.717) is 24.6 Å². The minimum absolute atomic E-state index is 0.00503. The van der Waals surface area contributed by atoms with Gasteiger partial charge in [0.15, 0.2) is 0 Å². The van der Waals surface area contributed by atoms with Gasteiger partial charge in [0.05, 0.1) is 6.54 Å². The van der Waals surface area contributed by atoms with Gasteiger partial charge >= 0.3 is 0 Å². The molecule has 1 aliphatic rings. The number of pyridine rings is 1. The van der Waals surface area contributed by atoms with Crippen LogP contribution in [-0.2, 0) is 4.79 Å². The number of phenols is 1. The Hall–Kier alpha value is -3.28. The predicted octanol–water partition coefficient (Wildman–Crippen LogP) is 4.48. The van der Waals surface area contributed by atoms with Crippen molar-refractivity contribution >= 4 is 22.6 Å². The third-order valence-electron chi connectivity index (χ3n) is 6.09. The number of aromatic hydroxyl groups is 1. The number of hydrogen-bond acceptors (Lipinski definition) is 5. The van der Waals surface area contributed by atoms with Gasteiger partial charge in [0.1, 0.15) is 29.4 Å². The molecule has 1 aliphatic heterocycles. The molecule has 0 atom stereocenters. The summed E-state index contributed by atoms with van der Waals surface area (Å²) in [5, 5.41) is 14.0. The van der Waals surface area contributed by atoms with Gasteiger partial charge in [-0.25, -0.2) is 4.98 Å². The Morgan fingerprint density at radius 2 is 1.88 bits per heavy atom. The summed E-state index contributed by atoms with van der Waals surface area (Å²) in [5.74, 6) is 2.45. The van der Waals surface area contributed by atoms with Crippen molar-refractivity contribution in [2.45, 2.75) is 32.6 Å². The van der Waals surface area contributed by atoms with Crippen molar-refractivity contribution in [1.29, 1.82) is 0 Å². The molecular formula is C26H31N3O3. The highest BCUT2D eigenvalue weighted by Gasteiger charge is 2.25. The van der Waals surface area contributed by atoms with E-state index in [0.717, 1.165) is 42.9 Å². The number of carbonyl (C=O) groups is 1. The summed E-state index contributed by atoms with van der Waals surface area (Å²) in [6.07, 6.45) is 1.56. The van der Waals surface area contributed by atoms with Crippen molar-refractivity contribution in [3.63, 3.8) is 0 Å². The molecule has 168 valence electrons. The summed E-state index contributed by atoms with van der Waals surface area (Å²) in [5.41, 5.74) is 1.90. The van der Waals surface area contributed by atoms with Crippen LogP contribution >= 0.6 is 0 Å². The van der Waals surface area contributed by atoms with E-state index in [-0.39, 0.29) is 17.6 Å². The van der Waals surface area contributed by atoms with Crippen LogP contribution in [0.3, 0.4) is 0 Å². The molecule has 1 fully saturated rings. The number of carbonyl (C=O) groups excluding carboxylic acids is 1. The van der Waals surface area contributed by atoms with Crippen LogP contribution in [0.4, 0.5) is 5.82 Å². The van der Waals surface area contributed by atoms with Gasteiger partial charge in [0.2, 0.25) is 5.91 Å². The Morgan fingerprint density at radius 1 is 1.12 bits per heavy atom. The number of nitrogens with zero attached hydrogens (tertiary/aromatic N) is 2. The quantitative estimate of drug-likeness (QED) is 0.538. The van der Waals surface area contributed by atoms with Gasteiger partial charge in [-0.3, -0.25) is 4.79 Å². The lowest BCUT2D eigenvalue weighted by molar-refractivity contribution is -0.125. The summed E-state index contributed by atoms with van der Waals surface area (Å²) >= 11 is 0. The third kappa shape index (κ3) is 5.13. The molecule has 2 N–H and O–H groups in total. The molecule has 6 heteroatoms. The highest BCUT2D eigenvalue weighted by molar-refractivity contribution is 5.85. The molecule has 32 heavy (non-hydrogen) atoms. The molecule has 1 saturated heterocycles. The number of benzene rings is 2. The van der Waals surface area contributed by atoms with E-state index in [2.05, 4.69) is 41.2 Å². The van der Waals surface area contributed by atoms with Crippen LogP contribution in [0.25, 0.3) is 10.9 Å². The Bertz CT molecular complexity index is 1060. The average Bonchev–Trinajstić information content (AvgIpc) is 2.82. The molecule has 1 amide bonds. The Balaban J connectivity index is 1.22.